The van der Waals surface area contributed by atoms with Crippen molar-refractivity contribution >= 4 is 29.3 Å². The van der Waals surface area contributed by atoms with Crippen molar-refractivity contribution < 1.29 is 27.5 Å². The van der Waals surface area contributed by atoms with E-state index in [1.165, 1.54) is 23.9 Å². The molecule has 4 nitrogen and oxygen atoms in total. The van der Waals surface area contributed by atoms with Crippen molar-refractivity contribution in [3.63, 3.8) is 0 Å². The van der Waals surface area contributed by atoms with Crippen LogP contribution in [0.2, 0.25) is 0 Å². The summed E-state index contributed by atoms with van der Waals surface area (Å²) in [6, 6.07) is 11.2. The molecule has 0 atom stereocenters. The maximum Gasteiger partial charge on any atom is 0.418 e. The van der Waals surface area contributed by atoms with Gasteiger partial charge < -0.3 is 10.1 Å². The van der Waals surface area contributed by atoms with Crippen LogP contribution < -0.4 is 5.32 Å². The van der Waals surface area contributed by atoms with E-state index in [-0.39, 0.29) is 5.69 Å². The van der Waals surface area contributed by atoms with Crippen LogP contribution in [0.5, 0.6) is 0 Å². The van der Waals surface area contributed by atoms with Gasteiger partial charge in [-0.05, 0) is 30.5 Å². The van der Waals surface area contributed by atoms with Gasteiger partial charge in [-0.2, -0.15) is 13.2 Å². The van der Waals surface area contributed by atoms with E-state index in [0.29, 0.717) is 10.5 Å². The Morgan fingerprint density at radius 1 is 1.08 bits per heavy atom. The first-order chi connectivity index (χ1) is 11.8. The van der Waals surface area contributed by atoms with Gasteiger partial charge in [-0.1, -0.05) is 24.3 Å². The summed E-state index contributed by atoms with van der Waals surface area (Å²) in [5.41, 5.74) is -1.07. The molecule has 0 aliphatic rings. The zero-order valence-electron chi connectivity index (χ0n) is 13.1. The highest BCUT2D eigenvalue weighted by Crippen LogP contribution is 2.34. The molecule has 0 aliphatic carbocycles. The molecule has 0 saturated heterocycles. The number of halogens is 3. The molecule has 0 saturated carbocycles. The molecule has 2 rings (SSSR count). The second kappa shape index (κ2) is 8.06. The molecule has 0 spiro atoms. The third-order valence-corrected chi connectivity index (χ3v) is 3.96. The van der Waals surface area contributed by atoms with Gasteiger partial charge in [0.05, 0.1) is 16.8 Å². The topological polar surface area (TPSA) is 55.4 Å². The van der Waals surface area contributed by atoms with Crippen molar-refractivity contribution in [1.82, 2.24) is 0 Å². The van der Waals surface area contributed by atoms with E-state index in [0.717, 1.165) is 12.1 Å². The lowest BCUT2D eigenvalue weighted by Gasteiger charge is -2.13. The fraction of sp³-hybridized carbons (Fsp3) is 0.176. The second-order valence-corrected chi connectivity index (χ2v) is 5.72. The fourth-order valence-electron chi connectivity index (χ4n) is 2.05. The Morgan fingerprint density at radius 2 is 1.72 bits per heavy atom. The summed E-state index contributed by atoms with van der Waals surface area (Å²) < 4.78 is 43.5. The highest BCUT2D eigenvalue weighted by atomic mass is 32.2. The Kier molecular flexibility index (Phi) is 6.08. The van der Waals surface area contributed by atoms with E-state index in [1.807, 2.05) is 0 Å². The number of ether oxygens (including phenoxy) is 1. The Hall–Kier alpha value is -2.48. The van der Waals surface area contributed by atoms with E-state index < -0.39 is 30.2 Å². The number of hydrogen-bond donors (Lipinski definition) is 1. The van der Waals surface area contributed by atoms with Gasteiger partial charge >= 0.3 is 12.1 Å². The summed E-state index contributed by atoms with van der Waals surface area (Å²) in [5.74, 6) is -1.57. The number of rotatable bonds is 5. The monoisotopic (exact) mass is 369 g/mol. The SMILES string of the molecule is CSc1ccccc1C(=O)OCC(=O)Nc1ccccc1C(F)(F)F. The van der Waals surface area contributed by atoms with Gasteiger partial charge in [-0.15, -0.1) is 11.8 Å². The molecule has 2 aromatic carbocycles. The minimum absolute atomic E-state index is 0.290. The van der Waals surface area contributed by atoms with E-state index >= 15 is 0 Å². The first-order valence-corrected chi connectivity index (χ1v) is 8.31. The Morgan fingerprint density at radius 3 is 2.40 bits per heavy atom. The molecule has 0 fully saturated rings. The lowest BCUT2D eigenvalue weighted by molar-refractivity contribution is -0.137. The molecule has 0 unspecified atom stereocenters. The smallest absolute Gasteiger partial charge is 0.418 e. The summed E-state index contributed by atoms with van der Waals surface area (Å²) in [6.45, 7) is -0.687. The highest BCUT2D eigenvalue weighted by molar-refractivity contribution is 7.98. The third kappa shape index (κ3) is 4.99. The number of nitrogens with one attached hydrogen (secondary N) is 1. The average Bonchev–Trinajstić information content (AvgIpc) is 2.59. The minimum Gasteiger partial charge on any atom is -0.452 e. The molecule has 0 radical (unpaired) electrons. The lowest BCUT2D eigenvalue weighted by atomic mass is 10.1. The largest absolute Gasteiger partial charge is 0.452 e. The zero-order valence-corrected chi connectivity index (χ0v) is 13.9. The maximum atomic E-state index is 12.9. The first-order valence-electron chi connectivity index (χ1n) is 7.09. The van der Waals surface area contributed by atoms with Crippen molar-refractivity contribution in [2.75, 3.05) is 18.2 Å². The number of benzene rings is 2. The number of carbonyl (C=O) groups is 2. The van der Waals surface area contributed by atoms with Gasteiger partial charge in [0.15, 0.2) is 6.61 Å². The van der Waals surface area contributed by atoms with Crippen molar-refractivity contribution in [3.05, 3.63) is 59.7 Å². The summed E-state index contributed by atoms with van der Waals surface area (Å²) >= 11 is 1.34. The molecular formula is C17H14F3NO3S. The molecule has 132 valence electrons. The molecular weight excluding hydrogens is 355 g/mol. The van der Waals surface area contributed by atoms with Gasteiger partial charge in [-0.3, -0.25) is 4.79 Å². The van der Waals surface area contributed by atoms with Crippen LogP contribution in [0, 0.1) is 0 Å². The molecule has 8 heteroatoms. The number of carbonyl (C=O) groups excluding carboxylic acids is 2. The molecule has 0 bridgehead atoms. The van der Waals surface area contributed by atoms with Gasteiger partial charge in [0.25, 0.3) is 5.91 Å². The molecule has 25 heavy (non-hydrogen) atoms. The maximum absolute atomic E-state index is 12.9. The minimum atomic E-state index is -4.60. The van der Waals surface area contributed by atoms with Crippen LogP contribution in [0.25, 0.3) is 0 Å². The molecule has 1 amide bonds. The molecule has 0 aromatic heterocycles. The summed E-state index contributed by atoms with van der Waals surface area (Å²) in [7, 11) is 0. The molecule has 0 aliphatic heterocycles. The van der Waals surface area contributed by atoms with Crippen LogP contribution in [-0.4, -0.2) is 24.7 Å². The van der Waals surface area contributed by atoms with Crippen LogP contribution >= 0.6 is 11.8 Å². The number of para-hydroxylation sites is 1. The van der Waals surface area contributed by atoms with Gasteiger partial charge in [-0.25, -0.2) is 4.79 Å². The number of hydrogen-bond acceptors (Lipinski definition) is 4. The summed E-state index contributed by atoms with van der Waals surface area (Å²) in [4.78, 5) is 24.5. The summed E-state index contributed by atoms with van der Waals surface area (Å²) in [6.07, 6.45) is -2.81. The molecule has 0 heterocycles. The van der Waals surface area contributed by atoms with E-state index in [1.54, 1.807) is 30.5 Å². The van der Waals surface area contributed by atoms with Gasteiger partial charge in [0.1, 0.15) is 0 Å². The molecule has 2 aromatic rings. The van der Waals surface area contributed by atoms with E-state index in [4.69, 9.17) is 4.74 Å². The average molecular weight is 369 g/mol. The normalized spacial score (nSPS) is 11.0. The van der Waals surface area contributed by atoms with Crippen LogP contribution in [0.4, 0.5) is 18.9 Å². The number of alkyl halides is 3. The zero-order chi connectivity index (χ0) is 18.4. The number of amides is 1. The number of thioether (sulfide) groups is 1. The second-order valence-electron chi connectivity index (χ2n) is 4.87. The lowest BCUT2D eigenvalue weighted by Crippen LogP contribution is -2.23. The summed E-state index contributed by atoms with van der Waals surface area (Å²) in [5, 5.41) is 2.11. The Bertz CT molecular complexity index is 778. The van der Waals surface area contributed by atoms with Crippen LogP contribution in [0.15, 0.2) is 53.4 Å². The fourth-order valence-corrected chi connectivity index (χ4v) is 2.63. The van der Waals surface area contributed by atoms with E-state index in [9.17, 15) is 22.8 Å². The van der Waals surface area contributed by atoms with Gasteiger partial charge in [0, 0.05) is 4.90 Å². The number of esters is 1. The first kappa shape index (κ1) is 18.9. The quantitative estimate of drug-likeness (QED) is 0.633. The number of anilines is 1. The predicted molar refractivity (Wildman–Crippen MR) is 88.6 cm³/mol. The van der Waals surface area contributed by atoms with Gasteiger partial charge in [0.2, 0.25) is 0 Å². The van der Waals surface area contributed by atoms with E-state index in [2.05, 4.69) is 5.32 Å². The van der Waals surface area contributed by atoms with Crippen LogP contribution in [0.3, 0.4) is 0 Å². The molecule has 1 N–H and O–H groups in total. The van der Waals surface area contributed by atoms with Crippen LogP contribution in [0.1, 0.15) is 15.9 Å². The van der Waals surface area contributed by atoms with Crippen molar-refractivity contribution in [1.29, 1.82) is 0 Å². The highest BCUT2D eigenvalue weighted by Gasteiger charge is 2.33. The Labute approximate surface area is 146 Å². The predicted octanol–water partition coefficient (Wildman–Crippen LogP) is 4.22. The third-order valence-electron chi connectivity index (χ3n) is 3.17. The Balaban J connectivity index is 2.01. The van der Waals surface area contributed by atoms with Crippen molar-refractivity contribution in [2.45, 2.75) is 11.1 Å². The standard InChI is InChI=1S/C17H14F3NO3S/c1-25-14-9-5-2-6-11(14)16(23)24-10-15(22)21-13-8-4-3-7-12(13)17(18,19)20/h2-9H,10H2,1H3,(H,21,22). The van der Waals surface area contributed by atoms with Crippen LogP contribution in [-0.2, 0) is 15.7 Å². The van der Waals surface area contributed by atoms with Crippen molar-refractivity contribution in [3.8, 4) is 0 Å². The van der Waals surface area contributed by atoms with Crippen molar-refractivity contribution in [2.24, 2.45) is 0 Å².